The van der Waals surface area contributed by atoms with Gasteiger partial charge in [-0.2, -0.15) is 4.31 Å². The summed E-state index contributed by atoms with van der Waals surface area (Å²) in [6.07, 6.45) is 0. The van der Waals surface area contributed by atoms with Gasteiger partial charge in [0.15, 0.2) is 0 Å². The van der Waals surface area contributed by atoms with Crippen LogP contribution in [0, 0.1) is 5.92 Å². The van der Waals surface area contributed by atoms with Gasteiger partial charge in [-0.3, -0.25) is 0 Å². The number of β-amino-alcohol motifs (C(OH)–C–C–N with tert-alkyl or cyclic N) is 1. The highest BCUT2D eigenvalue weighted by atomic mass is 32.2. The smallest absolute Gasteiger partial charge is 0.336 e. The minimum Gasteiger partial charge on any atom is -0.478 e. The van der Waals surface area contributed by atoms with E-state index in [1.54, 1.807) is 0 Å². The predicted molar refractivity (Wildman–Crippen MR) is 69.8 cm³/mol. The van der Waals surface area contributed by atoms with E-state index in [4.69, 9.17) is 5.11 Å². The molecule has 6 nitrogen and oxygen atoms in total. The molecule has 0 spiro atoms. The molecule has 0 bridgehead atoms. The fourth-order valence-electron chi connectivity index (χ4n) is 1.79. The van der Waals surface area contributed by atoms with Crippen LogP contribution in [0.1, 0.15) is 24.2 Å². The molecule has 0 aliphatic carbocycles. The van der Waals surface area contributed by atoms with Gasteiger partial charge in [0.1, 0.15) is 4.21 Å². The summed E-state index contributed by atoms with van der Waals surface area (Å²) in [5.74, 6) is -1.18. The average molecular weight is 305 g/mol. The number of rotatable bonds is 4. The van der Waals surface area contributed by atoms with Crippen LogP contribution >= 0.6 is 11.3 Å². The Morgan fingerprint density at radius 2 is 2.05 bits per heavy atom. The van der Waals surface area contributed by atoms with E-state index < -0.39 is 21.6 Å². The third kappa shape index (κ3) is 2.40. The lowest BCUT2D eigenvalue weighted by atomic mass is 9.85. The molecule has 1 aliphatic heterocycles. The summed E-state index contributed by atoms with van der Waals surface area (Å²) in [6, 6.07) is 1.15. The van der Waals surface area contributed by atoms with Crippen LogP contribution in [0.4, 0.5) is 0 Å². The van der Waals surface area contributed by atoms with Crippen LogP contribution in [0.2, 0.25) is 0 Å². The first-order chi connectivity index (χ1) is 8.67. The van der Waals surface area contributed by atoms with Crippen molar-refractivity contribution in [3.8, 4) is 0 Å². The Kier molecular flexibility index (Phi) is 3.46. The second-order valence-electron chi connectivity index (χ2n) is 4.99. The van der Waals surface area contributed by atoms with Gasteiger partial charge < -0.3 is 10.2 Å². The molecule has 0 saturated carbocycles. The second kappa shape index (κ2) is 4.55. The molecule has 0 radical (unpaired) electrons. The highest BCUT2D eigenvalue weighted by Gasteiger charge is 2.49. The van der Waals surface area contributed by atoms with Crippen molar-refractivity contribution in [1.82, 2.24) is 4.31 Å². The summed E-state index contributed by atoms with van der Waals surface area (Å²) >= 11 is 0.879. The van der Waals surface area contributed by atoms with Gasteiger partial charge in [-0.25, -0.2) is 13.2 Å². The largest absolute Gasteiger partial charge is 0.478 e. The number of aliphatic hydroxyl groups is 1. The molecule has 1 fully saturated rings. The van der Waals surface area contributed by atoms with E-state index in [9.17, 15) is 18.3 Å². The summed E-state index contributed by atoms with van der Waals surface area (Å²) in [6.45, 7) is 3.76. The van der Waals surface area contributed by atoms with Gasteiger partial charge in [-0.1, -0.05) is 13.8 Å². The molecule has 1 aliphatic rings. The molecule has 0 unspecified atom stereocenters. The number of carbonyl (C=O) groups is 1. The van der Waals surface area contributed by atoms with Gasteiger partial charge in [0.25, 0.3) is 10.0 Å². The van der Waals surface area contributed by atoms with E-state index >= 15 is 0 Å². The molecule has 2 heterocycles. The highest BCUT2D eigenvalue weighted by molar-refractivity contribution is 7.91. The van der Waals surface area contributed by atoms with Crippen LogP contribution in [0.25, 0.3) is 0 Å². The number of aromatic carboxylic acids is 1. The van der Waals surface area contributed by atoms with Crippen molar-refractivity contribution < 1.29 is 23.4 Å². The molecule has 0 atom stereocenters. The van der Waals surface area contributed by atoms with Crippen molar-refractivity contribution in [1.29, 1.82) is 0 Å². The molecule has 19 heavy (non-hydrogen) atoms. The Balaban J connectivity index is 2.18. The molecule has 2 N–H and O–H groups in total. The van der Waals surface area contributed by atoms with Gasteiger partial charge in [-0.15, -0.1) is 11.3 Å². The van der Waals surface area contributed by atoms with Gasteiger partial charge in [0, 0.05) is 18.5 Å². The minimum absolute atomic E-state index is 0.00398. The third-order valence-corrected chi connectivity index (χ3v) is 6.60. The summed E-state index contributed by atoms with van der Waals surface area (Å²) in [5, 5.41) is 20.1. The summed E-state index contributed by atoms with van der Waals surface area (Å²) in [7, 11) is -3.69. The van der Waals surface area contributed by atoms with Crippen molar-refractivity contribution in [2.75, 3.05) is 13.1 Å². The topological polar surface area (TPSA) is 94.9 Å². The number of carboxylic acid groups (broad SMARTS) is 1. The Labute approximate surface area is 115 Å². The van der Waals surface area contributed by atoms with E-state index in [1.165, 1.54) is 9.69 Å². The zero-order chi connectivity index (χ0) is 14.4. The molecule has 8 heteroatoms. The first kappa shape index (κ1) is 14.4. The SMILES string of the molecule is CC(C)C1(O)CN(S(=O)(=O)c2cc(C(=O)O)cs2)C1. The lowest BCUT2D eigenvalue weighted by Gasteiger charge is -2.47. The van der Waals surface area contributed by atoms with Crippen LogP contribution in [0.15, 0.2) is 15.7 Å². The van der Waals surface area contributed by atoms with Gasteiger partial charge in [0.2, 0.25) is 0 Å². The molecule has 2 rings (SSSR count). The summed E-state index contributed by atoms with van der Waals surface area (Å²) in [4.78, 5) is 10.7. The fraction of sp³-hybridized carbons (Fsp3) is 0.545. The number of hydrogen-bond acceptors (Lipinski definition) is 5. The zero-order valence-electron chi connectivity index (χ0n) is 10.5. The van der Waals surface area contributed by atoms with Crippen molar-refractivity contribution in [3.63, 3.8) is 0 Å². The molecular weight excluding hydrogens is 290 g/mol. The standard InChI is InChI=1S/C11H15NO5S2/c1-7(2)11(15)5-12(6-11)19(16,17)9-3-8(4-18-9)10(13)14/h3-4,7,15H,5-6H2,1-2H3,(H,13,14). The number of nitrogens with zero attached hydrogens (tertiary/aromatic N) is 1. The Morgan fingerprint density at radius 3 is 2.47 bits per heavy atom. The molecule has 1 aromatic heterocycles. The number of carboxylic acids is 1. The summed E-state index contributed by atoms with van der Waals surface area (Å²) in [5.41, 5.74) is -1.02. The minimum atomic E-state index is -3.69. The van der Waals surface area contributed by atoms with Gasteiger partial charge in [-0.05, 0) is 12.0 Å². The van der Waals surface area contributed by atoms with Crippen molar-refractivity contribution in [2.45, 2.75) is 23.7 Å². The number of hydrogen-bond donors (Lipinski definition) is 2. The molecule has 0 aromatic carbocycles. The lowest BCUT2D eigenvalue weighted by Crippen LogP contribution is -2.65. The Morgan fingerprint density at radius 1 is 1.47 bits per heavy atom. The van der Waals surface area contributed by atoms with Crippen LogP contribution < -0.4 is 0 Å². The van der Waals surface area contributed by atoms with Crippen LogP contribution in [-0.4, -0.2) is 47.6 Å². The fourth-order valence-corrected chi connectivity index (χ4v) is 4.66. The normalized spacial score (nSPS) is 19.4. The number of sulfonamides is 1. The monoisotopic (exact) mass is 305 g/mol. The highest BCUT2D eigenvalue weighted by Crippen LogP contribution is 2.34. The summed E-state index contributed by atoms with van der Waals surface area (Å²) < 4.78 is 25.6. The van der Waals surface area contributed by atoms with E-state index in [-0.39, 0.29) is 28.8 Å². The molecular formula is C11H15NO5S2. The molecule has 0 amide bonds. The predicted octanol–water partition coefficient (Wildman–Crippen LogP) is 0.838. The average Bonchev–Trinajstić information content (AvgIpc) is 2.73. The molecule has 1 aromatic rings. The third-order valence-electron chi connectivity index (χ3n) is 3.39. The first-order valence-electron chi connectivity index (χ1n) is 5.71. The van der Waals surface area contributed by atoms with Crippen LogP contribution in [-0.2, 0) is 10.0 Å². The van der Waals surface area contributed by atoms with Crippen molar-refractivity contribution in [3.05, 3.63) is 17.0 Å². The van der Waals surface area contributed by atoms with Crippen LogP contribution in [0.3, 0.4) is 0 Å². The zero-order valence-corrected chi connectivity index (χ0v) is 12.2. The maximum absolute atomic E-state index is 12.2. The van der Waals surface area contributed by atoms with E-state index in [2.05, 4.69) is 0 Å². The van der Waals surface area contributed by atoms with Crippen LogP contribution in [0.5, 0.6) is 0 Å². The van der Waals surface area contributed by atoms with E-state index in [0.717, 1.165) is 17.4 Å². The van der Waals surface area contributed by atoms with Crippen molar-refractivity contribution >= 4 is 27.3 Å². The maximum Gasteiger partial charge on any atom is 0.336 e. The molecule has 106 valence electrons. The molecule has 1 saturated heterocycles. The maximum atomic E-state index is 12.2. The van der Waals surface area contributed by atoms with Gasteiger partial charge >= 0.3 is 5.97 Å². The second-order valence-corrected chi connectivity index (χ2v) is 8.07. The van der Waals surface area contributed by atoms with E-state index in [0.29, 0.717) is 0 Å². The van der Waals surface area contributed by atoms with E-state index in [1.807, 2.05) is 13.8 Å². The Hall–Kier alpha value is -0.960. The van der Waals surface area contributed by atoms with Crippen molar-refractivity contribution in [2.24, 2.45) is 5.92 Å². The Bertz CT molecular complexity index is 598. The van der Waals surface area contributed by atoms with Gasteiger partial charge in [0.05, 0.1) is 11.2 Å². The quantitative estimate of drug-likeness (QED) is 0.859. The lowest BCUT2D eigenvalue weighted by molar-refractivity contribution is -0.0931. The first-order valence-corrected chi connectivity index (χ1v) is 8.03. The number of thiophene rings is 1.